The molecule has 1 amide bonds. The van der Waals surface area contributed by atoms with E-state index in [-0.39, 0.29) is 17.8 Å². The second-order valence-corrected chi connectivity index (χ2v) is 11.1. The molecule has 0 spiro atoms. The largest absolute Gasteiger partial charge is 0.482 e. The highest BCUT2D eigenvalue weighted by Crippen LogP contribution is 2.36. The van der Waals surface area contributed by atoms with Crippen LogP contribution in [0.3, 0.4) is 0 Å². The van der Waals surface area contributed by atoms with E-state index in [1.807, 2.05) is 80.1 Å². The van der Waals surface area contributed by atoms with E-state index in [1.54, 1.807) is 6.08 Å². The molecule has 40 heavy (non-hydrogen) atoms. The number of nitrogens with one attached hydrogen (secondary N) is 1. The molecular weight excluding hydrogens is 544 g/mol. The van der Waals surface area contributed by atoms with E-state index in [0.29, 0.717) is 33.7 Å². The number of ether oxygens (including phenoxy) is 2. The number of hydrogen-bond donors (Lipinski definition) is 1. The van der Waals surface area contributed by atoms with Crippen LogP contribution in [0, 0.1) is 20.8 Å². The lowest BCUT2D eigenvalue weighted by Gasteiger charge is -2.18. The summed E-state index contributed by atoms with van der Waals surface area (Å²) in [6, 6.07) is 13.8. The molecule has 0 fully saturated rings. The number of aromatic nitrogens is 3. The van der Waals surface area contributed by atoms with Crippen LogP contribution in [0.5, 0.6) is 5.75 Å². The van der Waals surface area contributed by atoms with E-state index in [2.05, 4.69) is 22.1 Å². The van der Waals surface area contributed by atoms with Gasteiger partial charge in [-0.15, -0.1) is 28.1 Å². The van der Waals surface area contributed by atoms with Crippen LogP contribution >= 0.6 is 23.1 Å². The fraction of sp³-hybridized carbons (Fsp3) is 0.267. The fourth-order valence-electron chi connectivity index (χ4n) is 4.10. The maximum Gasteiger partial charge on any atom is 0.341 e. The van der Waals surface area contributed by atoms with Gasteiger partial charge in [0.25, 0.3) is 0 Å². The second kappa shape index (κ2) is 13.0. The lowest BCUT2D eigenvalue weighted by Crippen LogP contribution is -2.17. The molecule has 0 saturated carbocycles. The molecule has 0 aliphatic heterocycles. The summed E-state index contributed by atoms with van der Waals surface area (Å²) in [4.78, 5) is 25.6. The molecule has 4 rings (SSSR count). The summed E-state index contributed by atoms with van der Waals surface area (Å²) in [5.41, 5.74) is 5.26. The van der Waals surface area contributed by atoms with Crippen molar-refractivity contribution in [2.24, 2.45) is 0 Å². The Morgan fingerprint density at radius 3 is 2.60 bits per heavy atom. The Morgan fingerprint density at radius 2 is 1.90 bits per heavy atom. The highest BCUT2D eigenvalue weighted by atomic mass is 32.2. The number of esters is 1. The molecular formula is C30H32N4O4S2. The average molecular weight is 577 g/mol. The summed E-state index contributed by atoms with van der Waals surface area (Å²) in [5.74, 6) is 0.712. The zero-order valence-corrected chi connectivity index (χ0v) is 24.8. The van der Waals surface area contributed by atoms with Crippen molar-refractivity contribution in [1.82, 2.24) is 14.8 Å². The fourth-order valence-corrected chi connectivity index (χ4v) is 5.82. The summed E-state index contributed by atoms with van der Waals surface area (Å²) < 4.78 is 13.1. The van der Waals surface area contributed by atoms with Crippen LogP contribution in [-0.2, 0) is 16.1 Å². The van der Waals surface area contributed by atoms with Crippen molar-refractivity contribution in [2.75, 3.05) is 18.2 Å². The van der Waals surface area contributed by atoms with Crippen molar-refractivity contribution in [3.05, 3.63) is 88.6 Å². The van der Waals surface area contributed by atoms with Gasteiger partial charge in [-0.05, 0) is 50.5 Å². The number of rotatable bonds is 11. The van der Waals surface area contributed by atoms with Crippen LogP contribution in [0.15, 0.2) is 65.7 Å². The molecule has 0 aliphatic carbocycles. The van der Waals surface area contributed by atoms with E-state index in [1.165, 1.54) is 30.2 Å². The molecule has 0 saturated heterocycles. The molecule has 1 unspecified atom stereocenters. The van der Waals surface area contributed by atoms with Gasteiger partial charge in [0, 0.05) is 17.5 Å². The van der Waals surface area contributed by atoms with Crippen LogP contribution in [-0.4, -0.2) is 39.5 Å². The van der Waals surface area contributed by atoms with Gasteiger partial charge in [0.1, 0.15) is 16.3 Å². The third kappa shape index (κ3) is 6.46. The number of carbonyl (C=O) groups excluding carboxylic acids is 2. The highest BCUT2D eigenvalue weighted by molar-refractivity contribution is 7.99. The van der Waals surface area contributed by atoms with Crippen molar-refractivity contribution in [1.29, 1.82) is 0 Å². The van der Waals surface area contributed by atoms with E-state index in [9.17, 15) is 9.59 Å². The number of amides is 1. The summed E-state index contributed by atoms with van der Waals surface area (Å²) >= 11 is 2.54. The number of hydrogen-bond acceptors (Lipinski definition) is 8. The minimum Gasteiger partial charge on any atom is -0.482 e. The third-order valence-corrected chi connectivity index (χ3v) is 8.27. The summed E-state index contributed by atoms with van der Waals surface area (Å²) in [5, 5.41) is 14.4. The number of methoxy groups -OCH3 is 1. The molecule has 0 bridgehead atoms. The minimum absolute atomic E-state index is 0.0693. The zero-order chi connectivity index (χ0) is 28.8. The number of nitrogens with zero attached hydrogens (tertiary/aromatic N) is 3. The Bertz CT molecular complexity index is 1530. The predicted molar refractivity (Wildman–Crippen MR) is 160 cm³/mol. The van der Waals surface area contributed by atoms with E-state index >= 15 is 0 Å². The second-order valence-electron chi connectivity index (χ2n) is 9.25. The number of carbonyl (C=O) groups is 2. The van der Waals surface area contributed by atoms with Crippen molar-refractivity contribution >= 4 is 40.0 Å². The number of aryl methyl sites for hydroxylation is 2. The van der Waals surface area contributed by atoms with Gasteiger partial charge in [-0.25, -0.2) is 4.79 Å². The molecule has 208 valence electrons. The monoisotopic (exact) mass is 576 g/mol. The van der Waals surface area contributed by atoms with Gasteiger partial charge in [-0.3, -0.25) is 9.36 Å². The van der Waals surface area contributed by atoms with E-state index in [4.69, 9.17) is 9.47 Å². The Hall–Kier alpha value is -3.89. The van der Waals surface area contributed by atoms with Gasteiger partial charge in [0.15, 0.2) is 17.1 Å². The van der Waals surface area contributed by atoms with Crippen LogP contribution < -0.4 is 10.1 Å². The van der Waals surface area contributed by atoms with Gasteiger partial charge in [-0.2, -0.15) is 0 Å². The van der Waals surface area contributed by atoms with Crippen LogP contribution in [0.1, 0.15) is 45.9 Å². The third-order valence-electron chi connectivity index (χ3n) is 6.41. The SMILES string of the molecule is C=CCn1c(SCC(=O)Nc2scc(-c3ccc(C)cc3)c2C(=O)OC)nnc1C(C)Oc1cccc(C)c1C. The molecule has 1 N–H and O–H groups in total. The summed E-state index contributed by atoms with van der Waals surface area (Å²) in [7, 11) is 1.33. The van der Waals surface area contributed by atoms with Gasteiger partial charge in [0.05, 0.1) is 12.9 Å². The van der Waals surface area contributed by atoms with Crippen molar-refractivity contribution in [2.45, 2.75) is 45.5 Å². The first-order valence-corrected chi connectivity index (χ1v) is 14.6. The molecule has 2 heterocycles. The van der Waals surface area contributed by atoms with Gasteiger partial charge < -0.3 is 14.8 Å². The topological polar surface area (TPSA) is 95.3 Å². The quantitative estimate of drug-likeness (QED) is 0.120. The molecule has 2 aromatic heterocycles. The number of anilines is 1. The lowest BCUT2D eigenvalue weighted by atomic mass is 10.0. The highest BCUT2D eigenvalue weighted by Gasteiger charge is 2.24. The molecule has 2 aromatic carbocycles. The number of benzene rings is 2. The van der Waals surface area contributed by atoms with Gasteiger partial charge in [-0.1, -0.05) is 59.8 Å². The van der Waals surface area contributed by atoms with Crippen molar-refractivity contribution in [3.63, 3.8) is 0 Å². The van der Waals surface area contributed by atoms with E-state index in [0.717, 1.165) is 28.0 Å². The average Bonchev–Trinajstić information content (AvgIpc) is 3.54. The van der Waals surface area contributed by atoms with Crippen LogP contribution in [0.25, 0.3) is 11.1 Å². The predicted octanol–water partition coefficient (Wildman–Crippen LogP) is 6.78. The Kier molecular flexibility index (Phi) is 9.44. The van der Waals surface area contributed by atoms with E-state index < -0.39 is 5.97 Å². The van der Waals surface area contributed by atoms with Crippen molar-refractivity contribution in [3.8, 4) is 16.9 Å². The molecule has 1 atom stereocenters. The Morgan fingerprint density at radius 1 is 1.15 bits per heavy atom. The van der Waals surface area contributed by atoms with Crippen LogP contribution in [0.4, 0.5) is 5.00 Å². The molecule has 4 aromatic rings. The van der Waals surface area contributed by atoms with Gasteiger partial charge >= 0.3 is 5.97 Å². The zero-order valence-electron chi connectivity index (χ0n) is 23.2. The molecule has 10 heteroatoms. The maximum atomic E-state index is 13.0. The molecule has 0 aliphatic rings. The Labute approximate surface area is 242 Å². The minimum atomic E-state index is -0.506. The first-order valence-electron chi connectivity index (χ1n) is 12.7. The number of allylic oxidation sites excluding steroid dienone is 1. The standard InChI is InChI=1S/C30H32N4O4S2/c1-7-15-34-27(21(5)38-24-10-8-9-19(3)20(24)4)32-33-30(34)40-17-25(35)31-28-26(29(36)37-6)23(16-39-28)22-13-11-18(2)12-14-22/h7-14,16,21H,1,15,17H2,2-6H3,(H,31,35). The normalized spacial score (nSPS) is 11.6. The Balaban J connectivity index is 1.48. The van der Waals surface area contributed by atoms with Crippen LogP contribution in [0.2, 0.25) is 0 Å². The number of thioether (sulfide) groups is 1. The molecule has 8 nitrogen and oxygen atoms in total. The maximum absolute atomic E-state index is 13.0. The van der Waals surface area contributed by atoms with Gasteiger partial charge in [0.2, 0.25) is 5.91 Å². The summed E-state index contributed by atoms with van der Waals surface area (Å²) in [6.45, 7) is 12.3. The smallest absolute Gasteiger partial charge is 0.341 e. The van der Waals surface area contributed by atoms with Crippen molar-refractivity contribution < 1.29 is 19.1 Å². The number of thiophene rings is 1. The first-order chi connectivity index (χ1) is 19.2. The lowest BCUT2D eigenvalue weighted by molar-refractivity contribution is -0.113. The molecule has 0 radical (unpaired) electrons. The summed E-state index contributed by atoms with van der Waals surface area (Å²) in [6.07, 6.45) is 1.38. The first kappa shape index (κ1) is 29.1.